The number of thioether (sulfide) groups is 1. The third kappa shape index (κ3) is 4.04. The van der Waals surface area contributed by atoms with E-state index in [1.54, 1.807) is 22.1 Å². The van der Waals surface area contributed by atoms with Crippen LogP contribution in [0.25, 0.3) is 0 Å². The Bertz CT molecular complexity index is 599. The number of furan rings is 1. The largest absolute Gasteiger partial charge is 0.452 e. The van der Waals surface area contributed by atoms with E-state index in [2.05, 4.69) is 35.1 Å². The number of halogens is 1. The lowest BCUT2D eigenvalue weighted by Crippen LogP contribution is -2.46. The van der Waals surface area contributed by atoms with Gasteiger partial charge in [0.25, 0.3) is 0 Å². The van der Waals surface area contributed by atoms with Crippen LogP contribution in [-0.2, 0) is 16.6 Å². The highest BCUT2D eigenvalue weighted by Gasteiger charge is 2.36. The molecular formula is C13H21BrN2O3S2. The molecule has 1 fully saturated rings. The number of hydrogen-bond acceptors (Lipinski definition) is 5. The van der Waals surface area contributed by atoms with Gasteiger partial charge in [-0.05, 0) is 36.3 Å². The van der Waals surface area contributed by atoms with Gasteiger partial charge in [-0.3, -0.25) is 0 Å². The standard InChI is InChI=1S/C13H21BrN2O3S2/c1-4-15-8-10-7-11(12(14)19-10)21(17,18)16-5-6-20-13(2,3)9-16/h7,15H,4-6,8-9H2,1-3H3. The summed E-state index contributed by atoms with van der Waals surface area (Å²) in [5.41, 5.74) is 0. The quantitative estimate of drug-likeness (QED) is 0.828. The Morgan fingerprint density at radius 1 is 1.52 bits per heavy atom. The first-order valence-corrected chi connectivity index (χ1v) is 10.1. The first-order valence-electron chi connectivity index (χ1n) is 6.89. The van der Waals surface area contributed by atoms with E-state index in [0.717, 1.165) is 12.3 Å². The molecule has 0 saturated carbocycles. The van der Waals surface area contributed by atoms with Crippen LogP contribution < -0.4 is 5.32 Å². The summed E-state index contributed by atoms with van der Waals surface area (Å²) in [4.78, 5) is 0.220. The highest BCUT2D eigenvalue weighted by molar-refractivity contribution is 9.10. The van der Waals surface area contributed by atoms with Gasteiger partial charge in [-0.2, -0.15) is 16.1 Å². The van der Waals surface area contributed by atoms with Gasteiger partial charge in [0, 0.05) is 29.7 Å². The molecule has 0 unspecified atom stereocenters. The van der Waals surface area contributed by atoms with Crippen molar-refractivity contribution in [3.8, 4) is 0 Å². The Kier molecular flexibility index (Phi) is 5.46. The van der Waals surface area contributed by atoms with Gasteiger partial charge in [-0.25, -0.2) is 8.42 Å². The normalized spacial score (nSPS) is 19.8. The third-order valence-electron chi connectivity index (χ3n) is 3.26. The molecular weight excluding hydrogens is 376 g/mol. The van der Waals surface area contributed by atoms with E-state index in [0.29, 0.717) is 25.4 Å². The van der Waals surface area contributed by atoms with Crippen molar-refractivity contribution in [2.24, 2.45) is 0 Å². The number of nitrogens with one attached hydrogen (secondary N) is 1. The Balaban J connectivity index is 2.25. The van der Waals surface area contributed by atoms with E-state index in [4.69, 9.17) is 4.42 Å². The molecule has 0 aliphatic carbocycles. The highest BCUT2D eigenvalue weighted by Crippen LogP contribution is 2.35. The molecule has 1 N–H and O–H groups in total. The maximum Gasteiger partial charge on any atom is 0.247 e. The highest BCUT2D eigenvalue weighted by atomic mass is 79.9. The van der Waals surface area contributed by atoms with E-state index >= 15 is 0 Å². The summed E-state index contributed by atoms with van der Waals surface area (Å²) in [7, 11) is -3.52. The fraction of sp³-hybridized carbons (Fsp3) is 0.692. The van der Waals surface area contributed by atoms with E-state index in [9.17, 15) is 8.42 Å². The van der Waals surface area contributed by atoms with Crippen molar-refractivity contribution in [3.05, 3.63) is 16.5 Å². The minimum absolute atomic E-state index is 0.0614. The molecule has 0 spiro atoms. The summed E-state index contributed by atoms with van der Waals surface area (Å²) >= 11 is 5.04. The van der Waals surface area contributed by atoms with Gasteiger partial charge in [0.15, 0.2) is 4.67 Å². The molecule has 0 bridgehead atoms. The minimum Gasteiger partial charge on any atom is -0.452 e. The van der Waals surface area contributed by atoms with Crippen LogP contribution in [0.3, 0.4) is 0 Å². The van der Waals surface area contributed by atoms with E-state index in [-0.39, 0.29) is 14.3 Å². The monoisotopic (exact) mass is 396 g/mol. The van der Waals surface area contributed by atoms with Crippen molar-refractivity contribution in [1.82, 2.24) is 9.62 Å². The molecule has 1 aliphatic heterocycles. The number of rotatable bonds is 5. The number of nitrogens with zero attached hydrogens (tertiary/aromatic N) is 1. The van der Waals surface area contributed by atoms with Gasteiger partial charge in [0.2, 0.25) is 10.0 Å². The SMILES string of the molecule is CCNCc1cc(S(=O)(=O)N2CCSC(C)(C)C2)c(Br)o1. The smallest absolute Gasteiger partial charge is 0.247 e. The second-order valence-electron chi connectivity index (χ2n) is 5.58. The van der Waals surface area contributed by atoms with Crippen LogP contribution in [0, 0.1) is 0 Å². The predicted molar refractivity (Wildman–Crippen MR) is 89.1 cm³/mol. The Morgan fingerprint density at radius 3 is 2.86 bits per heavy atom. The van der Waals surface area contributed by atoms with Crippen molar-refractivity contribution in [3.63, 3.8) is 0 Å². The lowest BCUT2D eigenvalue weighted by Gasteiger charge is -2.36. The van der Waals surface area contributed by atoms with Crippen molar-refractivity contribution in [2.45, 2.75) is 37.0 Å². The molecule has 1 aromatic rings. The van der Waals surface area contributed by atoms with E-state index in [1.807, 2.05) is 6.92 Å². The van der Waals surface area contributed by atoms with Crippen molar-refractivity contribution in [1.29, 1.82) is 0 Å². The fourth-order valence-electron chi connectivity index (χ4n) is 2.23. The Hall–Kier alpha value is -0.0200. The van der Waals surface area contributed by atoms with Crippen molar-refractivity contribution in [2.75, 3.05) is 25.4 Å². The van der Waals surface area contributed by atoms with Gasteiger partial charge < -0.3 is 9.73 Å². The molecule has 2 rings (SSSR count). The molecule has 1 saturated heterocycles. The first kappa shape index (κ1) is 17.3. The molecule has 0 atom stereocenters. The van der Waals surface area contributed by atoms with E-state index in [1.165, 1.54) is 0 Å². The van der Waals surface area contributed by atoms with Crippen LogP contribution in [0.4, 0.5) is 0 Å². The van der Waals surface area contributed by atoms with Crippen LogP contribution in [0.5, 0.6) is 0 Å². The topological polar surface area (TPSA) is 62.6 Å². The summed E-state index contributed by atoms with van der Waals surface area (Å²) < 4.78 is 32.8. The molecule has 0 amide bonds. The number of sulfonamides is 1. The van der Waals surface area contributed by atoms with Crippen LogP contribution in [-0.4, -0.2) is 42.9 Å². The maximum absolute atomic E-state index is 12.8. The summed E-state index contributed by atoms with van der Waals surface area (Å²) in [6.07, 6.45) is 0. The molecule has 5 nitrogen and oxygen atoms in total. The lowest BCUT2D eigenvalue weighted by molar-refractivity contribution is 0.386. The summed E-state index contributed by atoms with van der Waals surface area (Å²) in [5.74, 6) is 1.43. The minimum atomic E-state index is -3.52. The van der Waals surface area contributed by atoms with Gasteiger partial charge in [0.1, 0.15) is 10.7 Å². The zero-order valence-corrected chi connectivity index (χ0v) is 15.7. The Morgan fingerprint density at radius 2 is 2.24 bits per heavy atom. The fourth-order valence-corrected chi connectivity index (χ4v) is 6.10. The average molecular weight is 397 g/mol. The summed E-state index contributed by atoms with van der Waals surface area (Å²) in [6.45, 7) is 8.50. The summed E-state index contributed by atoms with van der Waals surface area (Å²) in [5, 5.41) is 3.12. The lowest BCUT2D eigenvalue weighted by atomic mass is 10.2. The van der Waals surface area contributed by atoms with Crippen molar-refractivity contribution < 1.29 is 12.8 Å². The Labute approximate surface area is 139 Å². The molecule has 0 aromatic carbocycles. The maximum atomic E-state index is 12.8. The molecule has 8 heteroatoms. The molecule has 1 aromatic heterocycles. The zero-order chi connectivity index (χ0) is 15.7. The molecule has 21 heavy (non-hydrogen) atoms. The predicted octanol–water partition coefficient (Wildman–Crippen LogP) is 2.67. The van der Waals surface area contributed by atoms with Crippen LogP contribution in [0.2, 0.25) is 0 Å². The van der Waals surface area contributed by atoms with Gasteiger partial charge in [-0.1, -0.05) is 6.92 Å². The first-order chi connectivity index (χ1) is 9.76. The second kappa shape index (κ2) is 6.62. The van der Waals surface area contributed by atoms with Gasteiger partial charge >= 0.3 is 0 Å². The van der Waals surface area contributed by atoms with Gasteiger partial charge in [-0.15, -0.1) is 0 Å². The van der Waals surface area contributed by atoms with Crippen LogP contribution >= 0.6 is 27.7 Å². The second-order valence-corrected chi connectivity index (χ2v) is 10.0. The zero-order valence-electron chi connectivity index (χ0n) is 12.5. The molecule has 2 heterocycles. The third-order valence-corrected chi connectivity index (χ3v) is 7.26. The van der Waals surface area contributed by atoms with Gasteiger partial charge in [0.05, 0.1) is 6.54 Å². The van der Waals surface area contributed by atoms with E-state index < -0.39 is 10.0 Å². The van der Waals surface area contributed by atoms with Crippen molar-refractivity contribution >= 4 is 37.7 Å². The van der Waals surface area contributed by atoms with Crippen LogP contribution in [0.15, 0.2) is 20.0 Å². The summed E-state index contributed by atoms with van der Waals surface area (Å²) in [6, 6.07) is 1.61. The average Bonchev–Trinajstić information content (AvgIpc) is 2.77. The molecule has 120 valence electrons. The molecule has 1 aliphatic rings. The molecule has 0 radical (unpaired) electrons. The van der Waals surface area contributed by atoms with Crippen LogP contribution in [0.1, 0.15) is 26.5 Å². The number of hydrogen-bond donors (Lipinski definition) is 1.